The van der Waals surface area contributed by atoms with Crippen LogP contribution in [0.3, 0.4) is 0 Å². The Balaban J connectivity index is 1.90. The summed E-state index contributed by atoms with van der Waals surface area (Å²) >= 11 is 8.53. The number of halogens is 1. The molecule has 2 aromatic heterocycles. The molecule has 0 N–H and O–H groups in total. The van der Waals surface area contributed by atoms with Crippen molar-refractivity contribution in [1.29, 1.82) is 0 Å². The van der Waals surface area contributed by atoms with Crippen LogP contribution in [0.5, 0.6) is 0 Å². The van der Waals surface area contributed by atoms with Gasteiger partial charge in [-0.25, -0.2) is 9.78 Å². The summed E-state index contributed by atoms with van der Waals surface area (Å²) in [6.07, 6.45) is 0. The summed E-state index contributed by atoms with van der Waals surface area (Å²) in [5.74, 6) is 0.124. The Morgan fingerprint density at radius 2 is 2.04 bits per heavy atom. The zero-order valence-electron chi connectivity index (χ0n) is 13.8. The van der Waals surface area contributed by atoms with Crippen molar-refractivity contribution in [2.75, 3.05) is 12.9 Å². The maximum atomic E-state index is 13.0. The van der Waals surface area contributed by atoms with E-state index < -0.39 is 5.97 Å². The number of nitrogens with zero attached hydrogens (tertiary/aromatic N) is 3. The van der Waals surface area contributed by atoms with Crippen molar-refractivity contribution in [2.24, 2.45) is 5.10 Å². The second-order valence-corrected chi connectivity index (χ2v) is 7.96. The molecule has 0 unspecified atom stereocenters. The lowest BCUT2D eigenvalue weighted by molar-refractivity contribution is 0.0605. The van der Waals surface area contributed by atoms with E-state index in [1.54, 1.807) is 19.1 Å². The molecule has 0 saturated heterocycles. The van der Waals surface area contributed by atoms with Gasteiger partial charge in [0.25, 0.3) is 5.56 Å². The van der Waals surface area contributed by atoms with Crippen molar-refractivity contribution in [3.8, 4) is 0 Å². The first-order valence-electron chi connectivity index (χ1n) is 7.60. The fraction of sp³-hybridized carbons (Fsp3) is 0.176. The van der Waals surface area contributed by atoms with Crippen LogP contribution < -0.4 is 5.56 Å². The van der Waals surface area contributed by atoms with Gasteiger partial charge >= 0.3 is 5.97 Å². The number of aromatic nitrogens is 2. The maximum absolute atomic E-state index is 13.0. The molecule has 1 aliphatic rings. The van der Waals surface area contributed by atoms with E-state index in [1.807, 2.05) is 12.1 Å². The molecule has 132 valence electrons. The van der Waals surface area contributed by atoms with E-state index in [4.69, 9.17) is 16.3 Å². The number of hydrogen-bond acceptors (Lipinski definition) is 7. The molecule has 4 rings (SSSR count). The number of hydrogen-bond donors (Lipinski definition) is 0. The van der Waals surface area contributed by atoms with Gasteiger partial charge in [0.2, 0.25) is 0 Å². The number of ether oxygens (including phenoxy) is 1. The molecular weight excluding hydrogens is 394 g/mol. The third-order valence-electron chi connectivity index (χ3n) is 4.02. The highest BCUT2D eigenvalue weighted by Gasteiger charge is 2.24. The molecule has 3 heterocycles. The van der Waals surface area contributed by atoms with Crippen LogP contribution in [0.4, 0.5) is 0 Å². The minimum atomic E-state index is -0.467. The number of methoxy groups -OCH3 is 1. The van der Waals surface area contributed by atoms with Gasteiger partial charge in [0, 0.05) is 10.8 Å². The molecule has 0 aliphatic carbocycles. The van der Waals surface area contributed by atoms with Crippen molar-refractivity contribution in [3.63, 3.8) is 0 Å². The van der Waals surface area contributed by atoms with E-state index in [1.165, 1.54) is 34.9 Å². The van der Waals surface area contributed by atoms with Crippen molar-refractivity contribution >= 4 is 56.6 Å². The molecule has 3 aromatic rings. The lowest BCUT2D eigenvalue weighted by Crippen LogP contribution is -2.25. The van der Waals surface area contributed by atoms with Crippen LogP contribution in [0, 0.1) is 6.92 Å². The molecule has 0 saturated carbocycles. The van der Waals surface area contributed by atoms with E-state index in [0.717, 1.165) is 11.3 Å². The summed E-state index contributed by atoms with van der Waals surface area (Å²) in [6, 6.07) is 7.31. The molecule has 0 radical (unpaired) electrons. The fourth-order valence-corrected chi connectivity index (χ4v) is 4.86. The Morgan fingerprint density at radius 1 is 1.31 bits per heavy atom. The van der Waals surface area contributed by atoms with Gasteiger partial charge in [0.1, 0.15) is 9.71 Å². The lowest BCUT2D eigenvalue weighted by Gasteiger charge is -2.15. The molecule has 0 fully saturated rings. The number of carbonyl (C=O) groups excluding carboxylic acids is 1. The second-order valence-electron chi connectivity index (χ2n) is 5.58. The van der Waals surface area contributed by atoms with Crippen molar-refractivity contribution in [3.05, 3.63) is 55.6 Å². The van der Waals surface area contributed by atoms with Gasteiger partial charge in [-0.05, 0) is 30.2 Å². The number of fused-ring (bicyclic) bond motifs is 2. The first-order valence-corrected chi connectivity index (χ1v) is 9.78. The van der Waals surface area contributed by atoms with Gasteiger partial charge in [0.15, 0.2) is 5.16 Å². The van der Waals surface area contributed by atoms with Crippen molar-refractivity contribution in [2.45, 2.75) is 12.1 Å². The molecule has 0 atom stereocenters. The second kappa shape index (κ2) is 6.53. The SMILES string of the molecule is COC(=O)c1sc2nc3n(c(=O)c2c1C)N=C(c1ccc(Cl)cc1)CS3. The van der Waals surface area contributed by atoms with E-state index in [9.17, 15) is 9.59 Å². The third kappa shape index (κ3) is 2.74. The Morgan fingerprint density at radius 3 is 2.73 bits per heavy atom. The topological polar surface area (TPSA) is 73.5 Å². The molecule has 0 amide bonds. The van der Waals surface area contributed by atoms with Crippen LogP contribution in [0.15, 0.2) is 39.3 Å². The van der Waals surface area contributed by atoms with Gasteiger partial charge in [0.05, 0.1) is 18.2 Å². The Hall–Kier alpha value is -2.16. The summed E-state index contributed by atoms with van der Waals surface area (Å²) in [7, 11) is 1.32. The minimum Gasteiger partial charge on any atom is -0.465 e. The number of aryl methyl sites for hydroxylation is 1. The molecule has 9 heteroatoms. The fourth-order valence-electron chi connectivity index (χ4n) is 2.69. The molecule has 0 spiro atoms. The summed E-state index contributed by atoms with van der Waals surface area (Å²) < 4.78 is 6.09. The normalized spacial score (nSPS) is 13.4. The number of esters is 1. The van der Waals surface area contributed by atoms with Crippen LogP contribution in [0.2, 0.25) is 5.02 Å². The van der Waals surface area contributed by atoms with Gasteiger partial charge in [-0.3, -0.25) is 4.79 Å². The Kier molecular flexibility index (Phi) is 4.34. The number of thioether (sulfide) groups is 1. The summed E-state index contributed by atoms with van der Waals surface area (Å²) in [5.41, 5.74) is 1.95. The van der Waals surface area contributed by atoms with Crippen LogP contribution in [-0.4, -0.2) is 34.2 Å². The largest absolute Gasteiger partial charge is 0.465 e. The highest BCUT2D eigenvalue weighted by atomic mass is 35.5. The molecule has 6 nitrogen and oxygen atoms in total. The first kappa shape index (κ1) is 17.3. The van der Waals surface area contributed by atoms with E-state index in [0.29, 0.717) is 36.6 Å². The zero-order valence-corrected chi connectivity index (χ0v) is 16.2. The first-order chi connectivity index (χ1) is 12.5. The highest BCUT2D eigenvalue weighted by molar-refractivity contribution is 7.99. The van der Waals surface area contributed by atoms with Crippen LogP contribution in [0.25, 0.3) is 10.2 Å². The third-order valence-corrected chi connectivity index (χ3v) is 6.38. The Bertz CT molecular complexity index is 1130. The summed E-state index contributed by atoms with van der Waals surface area (Å²) in [4.78, 5) is 30.3. The minimum absolute atomic E-state index is 0.285. The quantitative estimate of drug-likeness (QED) is 0.481. The lowest BCUT2D eigenvalue weighted by atomic mass is 10.1. The molecule has 1 aromatic carbocycles. The monoisotopic (exact) mass is 405 g/mol. The standard InChI is InChI=1S/C17H12ClN3O3S2/c1-8-12-14(26-13(8)16(23)24-2)19-17-21(15(12)22)20-11(7-25-17)9-3-5-10(18)6-4-9/h3-6H,7H2,1-2H3. The van der Waals surface area contributed by atoms with E-state index >= 15 is 0 Å². The number of benzene rings is 1. The van der Waals surface area contributed by atoms with Gasteiger partial charge in [-0.15, -0.1) is 11.3 Å². The van der Waals surface area contributed by atoms with Crippen molar-refractivity contribution in [1.82, 2.24) is 9.66 Å². The molecular formula is C17H12ClN3O3S2. The van der Waals surface area contributed by atoms with E-state index in [-0.39, 0.29) is 5.56 Å². The zero-order chi connectivity index (χ0) is 18.4. The van der Waals surface area contributed by atoms with Gasteiger partial charge in [-0.2, -0.15) is 9.78 Å². The maximum Gasteiger partial charge on any atom is 0.348 e. The average molecular weight is 406 g/mol. The molecule has 1 aliphatic heterocycles. The van der Waals surface area contributed by atoms with Gasteiger partial charge in [-0.1, -0.05) is 35.5 Å². The number of carbonyl (C=O) groups is 1. The average Bonchev–Trinajstić information content (AvgIpc) is 2.98. The summed E-state index contributed by atoms with van der Waals surface area (Å²) in [6.45, 7) is 1.72. The van der Waals surface area contributed by atoms with Crippen molar-refractivity contribution < 1.29 is 9.53 Å². The Labute approximate surface area is 161 Å². The van der Waals surface area contributed by atoms with Gasteiger partial charge < -0.3 is 4.74 Å². The highest BCUT2D eigenvalue weighted by Crippen LogP contribution is 2.31. The predicted octanol–water partition coefficient (Wildman–Crippen LogP) is 3.56. The van der Waals surface area contributed by atoms with Crippen LogP contribution >= 0.6 is 34.7 Å². The van der Waals surface area contributed by atoms with Crippen LogP contribution in [0.1, 0.15) is 20.8 Å². The van der Waals surface area contributed by atoms with E-state index in [2.05, 4.69) is 10.1 Å². The van der Waals surface area contributed by atoms with Crippen LogP contribution in [-0.2, 0) is 4.74 Å². The number of thiophene rings is 1. The predicted molar refractivity (Wildman–Crippen MR) is 104 cm³/mol. The summed E-state index contributed by atoms with van der Waals surface area (Å²) in [5, 5.41) is 6.05. The number of rotatable bonds is 2. The molecule has 0 bridgehead atoms. The smallest absolute Gasteiger partial charge is 0.348 e. The molecule has 26 heavy (non-hydrogen) atoms.